The van der Waals surface area contributed by atoms with Crippen molar-refractivity contribution in [3.8, 4) is 0 Å². The van der Waals surface area contributed by atoms with Crippen LogP contribution < -0.4 is 0 Å². The number of nitrogens with zero attached hydrogens (tertiary/aromatic N) is 4. The van der Waals surface area contributed by atoms with E-state index in [1.807, 2.05) is 11.9 Å². The van der Waals surface area contributed by atoms with Crippen molar-refractivity contribution in [3.05, 3.63) is 0 Å². The van der Waals surface area contributed by atoms with Gasteiger partial charge < -0.3 is 38.7 Å². The number of unbranched alkanes of at least 4 members (excludes halogenated alkanes) is 2. The van der Waals surface area contributed by atoms with Gasteiger partial charge >= 0.3 is 23.9 Å². The Hall–Kier alpha value is -2.32. The minimum Gasteiger partial charge on any atom is -0.469 e. The maximum absolute atomic E-state index is 11.7. The number of rotatable bonds is 25. The van der Waals surface area contributed by atoms with E-state index in [0.717, 1.165) is 52.0 Å². The molecule has 13 heteroatoms. The van der Waals surface area contributed by atoms with Gasteiger partial charge in [-0.25, -0.2) is 4.79 Å². The zero-order valence-electron chi connectivity index (χ0n) is 25.2. The van der Waals surface area contributed by atoms with E-state index in [0.29, 0.717) is 39.3 Å². The van der Waals surface area contributed by atoms with Crippen LogP contribution in [-0.2, 0) is 38.3 Å². The largest absolute Gasteiger partial charge is 0.469 e. The summed E-state index contributed by atoms with van der Waals surface area (Å²) in [5.74, 6) is -1.60. The minimum absolute atomic E-state index is 0.0229. The van der Waals surface area contributed by atoms with Gasteiger partial charge in [-0.1, -0.05) is 19.8 Å². The quantitative estimate of drug-likeness (QED) is 0.0546. The van der Waals surface area contributed by atoms with Gasteiger partial charge in [0.2, 0.25) is 0 Å². The van der Waals surface area contributed by atoms with E-state index in [1.54, 1.807) is 0 Å². The molecule has 0 rings (SSSR count). The summed E-state index contributed by atoms with van der Waals surface area (Å²) in [4.78, 5) is 58.7. The summed E-state index contributed by atoms with van der Waals surface area (Å²) < 4.78 is 14.3. The van der Waals surface area contributed by atoms with Crippen LogP contribution in [0.1, 0.15) is 51.9 Å². The maximum atomic E-state index is 11.7. The number of hydrogen-bond donors (Lipinski definition) is 1. The number of likely N-dealkylation sites (N-methyl/N-ethyl adjacent to an activating group) is 1. The fourth-order valence-electron chi connectivity index (χ4n) is 3.96. The van der Waals surface area contributed by atoms with Crippen molar-refractivity contribution < 1.29 is 43.5 Å². The third-order valence-electron chi connectivity index (χ3n) is 6.72. The topological polar surface area (TPSA) is 138 Å². The first-order valence-electron chi connectivity index (χ1n) is 14.1. The number of methoxy groups -OCH3 is 3. The highest BCUT2D eigenvalue weighted by Crippen LogP contribution is 2.04. The average molecular weight is 577 g/mol. The van der Waals surface area contributed by atoms with E-state index in [1.165, 1.54) is 21.3 Å². The molecule has 0 atom stereocenters. The molecule has 0 heterocycles. The molecule has 0 aromatic carbocycles. The van der Waals surface area contributed by atoms with Gasteiger partial charge in [-0.2, -0.15) is 5.26 Å². The fraction of sp³-hybridized carbons (Fsp3) is 0.852. The van der Waals surface area contributed by atoms with Gasteiger partial charge in [-0.05, 0) is 20.0 Å². The number of ether oxygens (including phenoxy) is 3. The maximum Gasteiger partial charge on any atom is 0.343 e. The van der Waals surface area contributed by atoms with Gasteiger partial charge in [-0.15, -0.1) is 0 Å². The van der Waals surface area contributed by atoms with Gasteiger partial charge in [0.15, 0.2) is 0 Å². The summed E-state index contributed by atoms with van der Waals surface area (Å²) in [5.41, 5.74) is 0. The van der Waals surface area contributed by atoms with E-state index in [9.17, 15) is 19.2 Å². The van der Waals surface area contributed by atoms with Crippen LogP contribution in [0.25, 0.3) is 0 Å². The van der Waals surface area contributed by atoms with Crippen LogP contribution in [0.5, 0.6) is 0 Å². The molecule has 0 bridgehead atoms. The van der Waals surface area contributed by atoms with Gasteiger partial charge in [0.05, 0.1) is 47.0 Å². The van der Waals surface area contributed by atoms with Crippen LogP contribution >= 0.6 is 0 Å². The minimum atomic E-state index is -0.716. The highest BCUT2D eigenvalue weighted by molar-refractivity contribution is 5.70. The van der Waals surface area contributed by atoms with Gasteiger partial charge in [-0.3, -0.25) is 14.4 Å². The van der Waals surface area contributed by atoms with Crippen molar-refractivity contribution in [1.29, 1.82) is 0 Å². The molecule has 0 amide bonds. The second-order valence-corrected chi connectivity index (χ2v) is 9.73. The molecule has 0 unspecified atom stereocenters. The summed E-state index contributed by atoms with van der Waals surface area (Å²) in [6.07, 6.45) is 4.12. The van der Waals surface area contributed by atoms with Crippen LogP contribution in [0.15, 0.2) is 0 Å². The van der Waals surface area contributed by atoms with Crippen LogP contribution in [0, 0.1) is 0 Å². The molecule has 0 spiro atoms. The monoisotopic (exact) mass is 576 g/mol. The van der Waals surface area contributed by atoms with Crippen molar-refractivity contribution >= 4 is 23.9 Å². The van der Waals surface area contributed by atoms with Crippen LogP contribution in [0.3, 0.4) is 0 Å². The Labute approximate surface area is 239 Å². The molecule has 0 aliphatic heterocycles. The zero-order chi connectivity index (χ0) is 30.2. The van der Waals surface area contributed by atoms with Gasteiger partial charge in [0.1, 0.15) is 0 Å². The summed E-state index contributed by atoms with van der Waals surface area (Å²) >= 11 is 0. The third-order valence-corrected chi connectivity index (χ3v) is 6.72. The molecule has 0 saturated carbocycles. The average Bonchev–Trinajstić information content (AvgIpc) is 2.97. The molecule has 0 aliphatic rings. The molecule has 40 heavy (non-hydrogen) atoms. The van der Waals surface area contributed by atoms with Crippen LogP contribution in [0.2, 0.25) is 0 Å². The molecule has 1 N–H and O–H groups in total. The van der Waals surface area contributed by atoms with Gasteiger partial charge in [0.25, 0.3) is 0 Å². The summed E-state index contributed by atoms with van der Waals surface area (Å²) in [7, 11) is 6.11. The number of esters is 3. The molecular weight excluding hydrogens is 524 g/mol. The zero-order valence-corrected chi connectivity index (χ0v) is 25.2. The molecule has 0 fully saturated rings. The summed E-state index contributed by atoms with van der Waals surface area (Å²) in [5, 5.41) is 8.53. The van der Waals surface area contributed by atoms with Crippen molar-refractivity contribution in [2.45, 2.75) is 51.9 Å². The lowest BCUT2D eigenvalue weighted by Crippen LogP contribution is -2.42. The van der Waals surface area contributed by atoms with E-state index in [4.69, 9.17) is 19.5 Å². The van der Waals surface area contributed by atoms with Gasteiger partial charge in [0, 0.05) is 65.4 Å². The van der Waals surface area contributed by atoms with E-state index in [-0.39, 0.29) is 43.6 Å². The number of carbonyl (C=O) groups is 4. The normalized spacial score (nSPS) is 11.3. The van der Waals surface area contributed by atoms with Crippen LogP contribution in [0.4, 0.5) is 0 Å². The van der Waals surface area contributed by atoms with E-state index < -0.39 is 5.97 Å². The summed E-state index contributed by atoms with van der Waals surface area (Å²) in [6.45, 7) is 9.50. The fourth-order valence-corrected chi connectivity index (χ4v) is 3.96. The summed E-state index contributed by atoms with van der Waals surface area (Å²) in [6, 6.07) is 0. The lowest BCUT2D eigenvalue weighted by Gasteiger charge is -2.30. The number of hydrogen-bond acceptors (Lipinski definition) is 13. The first kappa shape index (κ1) is 37.7. The second-order valence-electron chi connectivity index (χ2n) is 9.73. The molecule has 13 nitrogen and oxygen atoms in total. The first-order chi connectivity index (χ1) is 19.2. The lowest BCUT2D eigenvalue weighted by atomic mass is 10.2. The number of carbonyl (C=O) groups excluding carboxylic acids is 4. The highest BCUT2D eigenvalue weighted by Gasteiger charge is 2.16. The molecule has 0 aromatic rings. The van der Waals surface area contributed by atoms with E-state index in [2.05, 4.69) is 26.5 Å². The predicted molar refractivity (Wildman–Crippen MR) is 150 cm³/mol. The molecule has 0 saturated heterocycles. The Kier molecular flexibility index (Phi) is 23.1. The third kappa shape index (κ3) is 20.6. The highest BCUT2D eigenvalue weighted by atomic mass is 17.1. The Morgan fingerprint density at radius 3 is 1.23 bits per heavy atom. The first-order valence-corrected chi connectivity index (χ1v) is 14.1. The van der Waals surface area contributed by atoms with Crippen LogP contribution in [-0.4, -0.2) is 149 Å². The Morgan fingerprint density at radius 2 is 0.875 bits per heavy atom. The molecule has 0 aliphatic carbocycles. The lowest BCUT2D eigenvalue weighted by molar-refractivity contribution is -0.234. The molecule has 0 aromatic heterocycles. The molecular formula is C27H52N4O9. The predicted octanol–water partition coefficient (Wildman–Crippen LogP) is 1.11. The second kappa shape index (κ2) is 24.5. The van der Waals surface area contributed by atoms with E-state index >= 15 is 0 Å². The SMILES string of the molecule is CCCCCN(CCN(C)CCN(CCC(=O)OC)CCC(=O)OO)CCN(CCC(=O)OC)CCC(=O)OC. The van der Waals surface area contributed by atoms with Crippen molar-refractivity contribution in [3.63, 3.8) is 0 Å². The smallest absolute Gasteiger partial charge is 0.343 e. The standard InChI is InChI=1S/C27H52N4O9/c1-6-7-8-13-29(22-23-31(15-10-25(33)38-4)16-11-26(34)39-5)20-18-28(2)19-21-30(14-9-24(32)37-3)17-12-27(35)40-36/h36H,6-23H2,1-5H3. The Balaban J connectivity index is 4.95. The Bertz CT molecular complexity index is 671. The molecule has 234 valence electrons. The van der Waals surface area contributed by atoms with Crippen molar-refractivity contribution in [2.24, 2.45) is 0 Å². The van der Waals surface area contributed by atoms with Crippen molar-refractivity contribution in [2.75, 3.05) is 100 Å². The Morgan fingerprint density at radius 1 is 0.525 bits per heavy atom. The van der Waals surface area contributed by atoms with Crippen molar-refractivity contribution in [1.82, 2.24) is 19.6 Å². The molecule has 0 radical (unpaired) electrons.